The van der Waals surface area contributed by atoms with E-state index in [-0.39, 0.29) is 5.78 Å². The zero-order valence-corrected chi connectivity index (χ0v) is 5.97. The van der Waals surface area contributed by atoms with Crippen LogP contribution >= 0.6 is 0 Å². The molecule has 1 rings (SSSR count). The van der Waals surface area contributed by atoms with Gasteiger partial charge in [0, 0.05) is 33.1 Å². The van der Waals surface area contributed by atoms with Gasteiger partial charge in [0.2, 0.25) is 0 Å². The molecule has 0 atom stereocenters. The van der Waals surface area contributed by atoms with E-state index in [2.05, 4.69) is 10.2 Å². The molecule has 0 unspecified atom stereocenters. The highest BCUT2D eigenvalue weighted by atomic mass is 16.1. The van der Waals surface area contributed by atoms with Crippen molar-refractivity contribution in [1.29, 1.82) is 0 Å². The first-order valence-corrected chi connectivity index (χ1v) is 3.50. The standard InChI is InChI=1S/C7H12N2O/c1-7(10)6-9-4-2-8-3-5-9/h1,8H,2-6H2. The fourth-order valence-corrected chi connectivity index (χ4v) is 1.09. The molecule has 1 fully saturated rings. The molecule has 0 aliphatic carbocycles. The molecule has 1 N–H and O–H groups in total. The summed E-state index contributed by atoms with van der Waals surface area (Å²) in [6, 6.07) is 0. The van der Waals surface area contributed by atoms with E-state index in [0.717, 1.165) is 26.2 Å². The second-order valence-electron chi connectivity index (χ2n) is 2.49. The van der Waals surface area contributed by atoms with Crippen molar-refractivity contribution in [2.45, 2.75) is 0 Å². The SMILES string of the molecule is [CH]C(=O)CN1CCNCC1. The molecule has 10 heavy (non-hydrogen) atoms. The number of piperazine rings is 1. The number of carbonyl (C=O) groups is 1. The normalized spacial score (nSPS) is 20.9. The molecule has 0 aromatic rings. The van der Waals surface area contributed by atoms with E-state index in [1.807, 2.05) is 0 Å². The van der Waals surface area contributed by atoms with Gasteiger partial charge in [0.15, 0.2) is 5.78 Å². The molecule has 3 heteroatoms. The first-order valence-electron chi connectivity index (χ1n) is 3.50. The van der Waals surface area contributed by atoms with E-state index in [1.54, 1.807) is 0 Å². The lowest BCUT2D eigenvalue weighted by Crippen LogP contribution is -2.45. The van der Waals surface area contributed by atoms with Crippen LogP contribution in [-0.2, 0) is 4.79 Å². The van der Waals surface area contributed by atoms with E-state index in [1.165, 1.54) is 0 Å². The fraction of sp³-hybridized carbons (Fsp3) is 0.714. The van der Waals surface area contributed by atoms with Crippen molar-refractivity contribution in [3.63, 3.8) is 0 Å². The largest absolute Gasteiger partial charge is 0.314 e. The van der Waals surface area contributed by atoms with E-state index in [0.29, 0.717) is 6.54 Å². The maximum absolute atomic E-state index is 10.4. The number of hydrogen-bond acceptors (Lipinski definition) is 3. The summed E-state index contributed by atoms with van der Waals surface area (Å²) < 4.78 is 0. The van der Waals surface area contributed by atoms with Gasteiger partial charge in [-0.1, -0.05) is 0 Å². The van der Waals surface area contributed by atoms with Crippen LogP contribution in [-0.4, -0.2) is 43.4 Å². The molecule has 0 amide bonds. The molecule has 1 aliphatic rings. The number of Topliss-reactive ketones (excluding diaryl/α,β-unsaturated/α-hetero) is 1. The lowest BCUT2D eigenvalue weighted by atomic mass is 10.3. The Morgan fingerprint density at radius 1 is 1.50 bits per heavy atom. The van der Waals surface area contributed by atoms with Crippen molar-refractivity contribution in [2.24, 2.45) is 0 Å². The highest BCUT2D eigenvalue weighted by Gasteiger charge is 2.09. The summed E-state index contributed by atoms with van der Waals surface area (Å²) in [5.41, 5.74) is 0. The number of hydrogen-bond donors (Lipinski definition) is 1. The maximum Gasteiger partial charge on any atom is 0.151 e. The minimum absolute atomic E-state index is 0.234. The number of rotatable bonds is 2. The smallest absolute Gasteiger partial charge is 0.151 e. The summed E-state index contributed by atoms with van der Waals surface area (Å²) in [4.78, 5) is 12.5. The average molecular weight is 140 g/mol. The fourth-order valence-electron chi connectivity index (χ4n) is 1.09. The molecule has 1 heterocycles. The van der Waals surface area contributed by atoms with Crippen LogP contribution in [0.1, 0.15) is 0 Å². The van der Waals surface area contributed by atoms with Gasteiger partial charge < -0.3 is 5.32 Å². The molecule has 1 aliphatic heterocycles. The highest BCUT2D eigenvalue weighted by Crippen LogP contribution is 1.90. The summed E-state index contributed by atoms with van der Waals surface area (Å²) >= 11 is 0. The van der Waals surface area contributed by atoms with Crippen LogP contribution in [0, 0.1) is 6.92 Å². The second kappa shape index (κ2) is 3.68. The second-order valence-corrected chi connectivity index (χ2v) is 2.49. The molecule has 1 saturated heterocycles. The highest BCUT2D eigenvalue weighted by molar-refractivity contribution is 5.84. The molecule has 56 valence electrons. The summed E-state index contributed by atoms with van der Waals surface area (Å²) in [5.74, 6) is -0.234. The summed E-state index contributed by atoms with van der Waals surface area (Å²) in [7, 11) is 0. The van der Waals surface area contributed by atoms with Crippen LogP contribution in [0.3, 0.4) is 0 Å². The molecular formula is C7H12N2O. The van der Waals surface area contributed by atoms with Crippen molar-refractivity contribution in [3.05, 3.63) is 6.92 Å². The van der Waals surface area contributed by atoms with Crippen LogP contribution in [0.15, 0.2) is 0 Å². The van der Waals surface area contributed by atoms with Crippen LogP contribution < -0.4 is 5.32 Å². The molecular weight excluding hydrogens is 128 g/mol. The van der Waals surface area contributed by atoms with Crippen LogP contribution in [0.2, 0.25) is 0 Å². The Morgan fingerprint density at radius 2 is 2.10 bits per heavy atom. The first-order chi connectivity index (χ1) is 4.79. The summed E-state index contributed by atoms with van der Waals surface area (Å²) in [6.07, 6.45) is 0. The third kappa shape index (κ3) is 2.45. The Hall–Kier alpha value is -0.410. The minimum atomic E-state index is -0.234. The number of nitrogens with zero attached hydrogens (tertiary/aromatic N) is 1. The maximum atomic E-state index is 10.4. The Balaban J connectivity index is 2.19. The van der Waals surface area contributed by atoms with Gasteiger partial charge in [0.05, 0.1) is 6.54 Å². The van der Waals surface area contributed by atoms with Gasteiger partial charge in [-0.3, -0.25) is 9.69 Å². The predicted octanol–water partition coefficient (Wildman–Crippen LogP) is -0.828. The van der Waals surface area contributed by atoms with E-state index in [4.69, 9.17) is 6.92 Å². The van der Waals surface area contributed by atoms with E-state index in [9.17, 15) is 4.79 Å². The molecule has 0 saturated carbocycles. The van der Waals surface area contributed by atoms with Gasteiger partial charge in [0.1, 0.15) is 0 Å². The van der Waals surface area contributed by atoms with Gasteiger partial charge in [-0.15, -0.1) is 0 Å². The molecule has 2 radical (unpaired) electrons. The molecule has 0 spiro atoms. The predicted molar refractivity (Wildman–Crippen MR) is 38.6 cm³/mol. The molecule has 0 bridgehead atoms. The minimum Gasteiger partial charge on any atom is -0.314 e. The Bertz CT molecular complexity index is 119. The van der Waals surface area contributed by atoms with Crippen LogP contribution in [0.5, 0.6) is 0 Å². The monoisotopic (exact) mass is 140 g/mol. The Labute approximate surface area is 61.4 Å². The van der Waals surface area contributed by atoms with Crippen molar-refractivity contribution < 1.29 is 4.79 Å². The van der Waals surface area contributed by atoms with Crippen LogP contribution in [0.4, 0.5) is 0 Å². The number of carbonyl (C=O) groups excluding carboxylic acids is 1. The first kappa shape index (κ1) is 7.69. The Kier molecular flexibility index (Phi) is 2.83. The molecule has 3 nitrogen and oxygen atoms in total. The van der Waals surface area contributed by atoms with Crippen molar-refractivity contribution in [2.75, 3.05) is 32.7 Å². The van der Waals surface area contributed by atoms with Gasteiger partial charge in [0.25, 0.3) is 0 Å². The quantitative estimate of drug-likeness (QED) is 0.543. The summed E-state index contributed by atoms with van der Waals surface area (Å²) in [5, 5.41) is 3.19. The van der Waals surface area contributed by atoms with Crippen molar-refractivity contribution in [1.82, 2.24) is 10.2 Å². The van der Waals surface area contributed by atoms with Crippen LogP contribution in [0.25, 0.3) is 0 Å². The lowest BCUT2D eigenvalue weighted by molar-refractivity contribution is -0.116. The van der Waals surface area contributed by atoms with E-state index < -0.39 is 0 Å². The van der Waals surface area contributed by atoms with Gasteiger partial charge in [-0.2, -0.15) is 0 Å². The average Bonchev–Trinajstić information content (AvgIpc) is 1.88. The zero-order chi connectivity index (χ0) is 7.40. The van der Waals surface area contributed by atoms with Gasteiger partial charge in [-0.05, 0) is 0 Å². The van der Waals surface area contributed by atoms with Crippen molar-refractivity contribution >= 4 is 5.78 Å². The topological polar surface area (TPSA) is 32.3 Å². The van der Waals surface area contributed by atoms with E-state index >= 15 is 0 Å². The Morgan fingerprint density at radius 3 is 2.60 bits per heavy atom. The number of nitrogens with one attached hydrogen (secondary N) is 1. The third-order valence-corrected chi connectivity index (χ3v) is 1.59. The third-order valence-electron chi connectivity index (χ3n) is 1.59. The van der Waals surface area contributed by atoms with Gasteiger partial charge >= 0.3 is 0 Å². The van der Waals surface area contributed by atoms with Gasteiger partial charge in [-0.25, -0.2) is 0 Å². The lowest BCUT2D eigenvalue weighted by Gasteiger charge is -2.25. The number of ketones is 1. The zero-order valence-electron chi connectivity index (χ0n) is 5.97. The summed E-state index contributed by atoms with van der Waals surface area (Å²) in [6.45, 7) is 9.22. The molecule has 0 aromatic heterocycles. The molecule has 0 aromatic carbocycles. The van der Waals surface area contributed by atoms with Crippen molar-refractivity contribution in [3.8, 4) is 0 Å².